The number of halogens is 1. The molecule has 1 aromatic rings. The third-order valence-corrected chi connectivity index (χ3v) is 2.33. The summed E-state index contributed by atoms with van der Waals surface area (Å²) in [5.74, 6) is 7.33. The zero-order valence-electron chi connectivity index (χ0n) is 12.6. The van der Waals surface area contributed by atoms with Crippen molar-refractivity contribution in [2.24, 2.45) is 10.7 Å². The molecule has 0 heterocycles. The van der Waals surface area contributed by atoms with Crippen LogP contribution in [0.2, 0.25) is 0 Å². The van der Waals surface area contributed by atoms with Gasteiger partial charge in [0.05, 0.1) is 18.9 Å². The molecule has 0 bridgehead atoms. The minimum Gasteiger partial charge on any atom is -0.494 e. The topological polar surface area (TPSA) is 68.9 Å². The molecule has 6 heteroatoms. The van der Waals surface area contributed by atoms with Crippen molar-refractivity contribution < 1.29 is 9.47 Å². The second-order valence-corrected chi connectivity index (χ2v) is 3.78. The number of hydrogen-bond acceptors (Lipinski definition) is 3. The maximum absolute atomic E-state index is 5.81. The smallest absolute Gasteiger partial charge is 0.194 e. The van der Waals surface area contributed by atoms with Gasteiger partial charge in [0.2, 0.25) is 0 Å². The van der Waals surface area contributed by atoms with Crippen molar-refractivity contribution in [3.05, 3.63) is 18.2 Å². The normalized spacial score (nSPS) is 9.95. The van der Waals surface area contributed by atoms with Crippen molar-refractivity contribution in [1.29, 1.82) is 0 Å². The minimum absolute atomic E-state index is 0. The predicted molar refractivity (Wildman–Crippen MR) is 97.8 cm³/mol. The van der Waals surface area contributed by atoms with Gasteiger partial charge in [-0.05, 0) is 32.9 Å². The van der Waals surface area contributed by atoms with Crippen molar-refractivity contribution in [2.75, 3.05) is 25.1 Å². The molecular weight excluding hydrogens is 381 g/mol. The minimum atomic E-state index is 0. The summed E-state index contributed by atoms with van der Waals surface area (Å²) >= 11 is 0. The largest absolute Gasteiger partial charge is 0.494 e. The first-order chi connectivity index (χ1) is 9.71. The van der Waals surface area contributed by atoms with Crippen LogP contribution >= 0.6 is 24.0 Å². The third-order valence-electron chi connectivity index (χ3n) is 2.33. The van der Waals surface area contributed by atoms with Crippen LogP contribution in [0.5, 0.6) is 11.5 Å². The summed E-state index contributed by atoms with van der Waals surface area (Å²) in [5.41, 5.74) is 6.54. The molecule has 0 saturated carbocycles. The molecule has 0 aliphatic heterocycles. The zero-order chi connectivity index (χ0) is 14.8. The molecule has 0 spiro atoms. The quantitative estimate of drug-likeness (QED) is 0.332. The molecule has 3 N–H and O–H groups in total. The molecule has 0 saturated heterocycles. The molecule has 0 radical (unpaired) electrons. The maximum Gasteiger partial charge on any atom is 0.194 e. The van der Waals surface area contributed by atoms with Crippen LogP contribution < -0.4 is 20.5 Å². The Labute approximate surface area is 143 Å². The first-order valence-corrected chi connectivity index (χ1v) is 6.57. The van der Waals surface area contributed by atoms with E-state index in [-0.39, 0.29) is 24.0 Å². The van der Waals surface area contributed by atoms with Gasteiger partial charge in [-0.3, -0.25) is 0 Å². The van der Waals surface area contributed by atoms with Gasteiger partial charge in [0.25, 0.3) is 0 Å². The van der Waals surface area contributed by atoms with E-state index in [0.29, 0.717) is 31.5 Å². The van der Waals surface area contributed by atoms with Crippen molar-refractivity contribution in [3.8, 4) is 23.3 Å². The van der Waals surface area contributed by atoms with Crippen LogP contribution in [0.25, 0.3) is 0 Å². The van der Waals surface area contributed by atoms with Gasteiger partial charge < -0.3 is 20.5 Å². The van der Waals surface area contributed by atoms with Gasteiger partial charge >= 0.3 is 0 Å². The van der Waals surface area contributed by atoms with Gasteiger partial charge in [-0.2, -0.15) is 0 Å². The molecule has 0 fully saturated rings. The Morgan fingerprint density at radius 3 is 2.62 bits per heavy atom. The van der Waals surface area contributed by atoms with Crippen LogP contribution in [-0.4, -0.2) is 25.7 Å². The van der Waals surface area contributed by atoms with E-state index in [0.717, 1.165) is 11.4 Å². The summed E-state index contributed by atoms with van der Waals surface area (Å²) < 4.78 is 11.0. The molecule has 116 valence electrons. The Kier molecular flexibility index (Phi) is 10.2. The molecule has 0 atom stereocenters. The molecule has 21 heavy (non-hydrogen) atoms. The van der Waals surface area contributed by atoms with Crippen LogP contribution in [0.4, 0.5) is 5.69 Å². The van der Waals surface area contributed by atoms with Crippen molar-refractivity contribution >= 4 is 35.6 Å². The number of hydrogen-bond donors (Lipinski definition) is 2. The summed E-state index contributed by atoms with van der Waals surface area (Å²) in [4.78, 5) is 4.10. The third kappa shape index (κ3) is 7.09. The van der Waals surface area contributed by atoms with Crippen LogP contribution in [0.1, 0.15) is 20.8 Å². The molecule has 0 amide bonds. The van der Waals surface area contributed by atoms with Gasteiger partial charge in [-0.1, -0.05) is 5.92 Å². The van der Waals surface area contributed by atoms with E-state index in [1.165, 1.54) is 0 Å². The zero-order valence-corrected chi connectivity index (χ0v) is 14.9. The van der Waals surface area contributed by atoms with E-state index in [1.54, 1.807) is 6.92 Å². The summed E-state index contributed by atoms with van der Waals surface area (Å²) in [6.07, 6.45) is 0. The highest BCUT2D eigenvalue weighted by molar-refractivity contribution is 14.0. The molecule has 0 aliphatic rings. The molecule has 1 aromatic carbocycles. The standard InChI is InChI=1S/C15H21N3O2.HI/c1-4-7-10-17-15(16)18-13-11-12(19-5-2)8-9-14(13)20-6-3;/h8-9,11H,5-6,10H2,1-3H3,(H3,16,17,18);1H. The summed E-state index contributed by atoms with van der Waals surface area (Å²) in [5, 5.41) is 3.01. The van der Waals surface area contributed by atoms with E-state index in [2.05, 4.69) is 22.2 Å². The lowest BCUT2D eigenvalue weighted by atomic mass is 10.2. The highest BCUT2D eigenvalue weighted by atomic mass is 127. The molecular formula is C15H22IN3O2. The maximum atomic E-state index is 5.81. The Balaban J connectivity index is 0.00000400. The molecule has 1 rings (SSSR count). The fourth-order valence-corrected chi connectivity index (χ4v) is 1.53. The lowest BCUT2D eigenvalue weighted by molar-refractivity contribution is 0.332. The molecule has 5 nitrogen and oxygen atoms in total. The van der Waals surface area contributed by atoms with Gasteiger partial charge in [0.15, 0.2) is 5.96 Å². The molecule has 0 aliphatic carbocycles. The fourth-order valence-electron chi connectivity index (χ4n) is 1.53. The Bertz CT molecular complexity index is 521. The SMILES string of the molecule is CC#CCN=C(N)Nc1cc(OCC)ccc1OCC.I. The summed E-state index contributed by atoms with van der Waals surface area (Å²) in [6, 6.07) is 5.54. The first kappa shape index (κ1) is 19.4. The fraction of sp³-hybridized carbons (Fsp3) is 0.400. The van der Waals surface area contributed by atoms with Crippen molar-refractivity contribution in [3.63, 3.8) is 0 Å². The summed E-state index contributed by atoms with van der Waals surface area (Å²) in [7, 11) is 0. The van der Waals surface area contributed by atoms with Crippen LogP contribution in [-0.2, 0) is 0 Å². The highest BCUT2D eigenvalue weighted by Gasteiger charge is 2.06. The van der Waals surface area contributed by atoms with E-state index in [1.807, 2.05) is 32.0 Å². The average molecular weight is 403 g/mol. The van der Waals surface area contributed by atoms with E-state index >= 15 is 0 Å². The van der Waals surface area contributed by atoms with Gasteiger partial charge in [-0.25, -0.2) is 4.99 Å². The number of rotatable bonds is 6. The Hall–Kier alpha value is -1.62. The van der Waals surface area contributed by atoms with Gasteiger partial charge in [-0.15, -0.1) is 29.9 Å². The number of guanidine groups is 1. The molecule has 0 aromatic heterocycles. The van der Waals surface area contributed by atoms with Gasteiger partial charge in [0.1, 0.15) is 18.0 Å². The van der Waals surface area contributed by atoms with Gasteiger partial charge in [0, 0.05) is 6.07 Å². The van der Waals surface area contributed by atoms with E-state index < -0.39 is 0 Å². The van der Waals surface area contributed by atoms with Crippen LogP contribution in [0.15, 0.2) is 23.2 Å². The Morgan fingerprint density at radius 2 is 2.00 bits per heavy atom. The van der Waals surface area contributed by atoms with Crippen LogP contribution in [0.3, 0.4) is 0 Å². The predicted octanol–water partition coefficient (Wildman–Crippen LogP) is 2.85. The summed E-state index contributed by atoms with van der Waals surface area (Å²) in [6.45, 7) is 7.16. The number of anilines is 1. The lowest BCUT2D eigenvalue weighted by Gasteiger charge is -2.13. The number of nitrogens with one attached hydrogen (secondary N) is 1. The van der Waals surface area contributed by atoms with Crippen molar-refractivity contribution in [2.45, 2.75) is 20.8 Å². The monoisotopic (exact) mass is 403 g/mol. The highest BCUT2D eigenvalue weighted by Crippen LogP contribution is 2.29. The van der Waals surface area contributed by atoms with E-state index in [4.69, 9.17) is 15.2 Å². The second kappa shape index (κ2) is 11.1. The Morgan fingerprint density at radius 1 is 1.29 bits per heavy atom. The van der Waals surface area contributed by atoms with Crippen LogP contribution in [0, 0.1) is 11.8 Å². The number of benzene rings is 1. The number of nitrogens with two attached hydrogens (primary N) is 1. The van der Waals surface area contributed by atoms with E-state index in [9.17, 15) is 0 Å². The van der Waals surface area contributed by atoms with Crippen molar-refractivity contribution in [1.82, 2.24) is 0 Å². The number of nitrogens with zero attached hydrogens (tertiary/aromatic N) is 1. The lowest BCUT2D eigenvalue weighted by Crippen LogP contribution is -2.23. The average Bonchev–Trinajstić information content (AvgIpc) is 2.42. The number of ether oxygens (including phenoxy) is 2. The number of aliphatic imine (C=N–C) groups is 1. The first-order valence-electron chi connectivity index (χ1n) is 6.57. The molecule has 0 unspecified atom stereocenters. The second-order valence-electron chi connectivity index (χ2n) is 3.78.